The first-order chi connectivity index (χ1) is 12.2. The predicted molar refractivity (Wildman–Crippen MR) is 94.6 cm³/mol. The lowest BCUT2D eigenvalue weighted by molar-refractivity contribution is -0.111. The molecule has 0 fully saturated rings. The van der Waals surface area contributed by atoms with E-state index in [0.717, 1.165) is 5.56 Å². The normalized spacial score (nSPS) is 12.7. The summed E-state index contributed by atoms with van der Waals surface area (Å²) in [5.41, 5.74) is 1.38. The van der Waals surface area contributed by atoms with E-state index in [0.29, 0.717) is 41.9 Å². The topological polar surface area (TPSA) is 66.0 Å². The molecule has 0 atom stereocenters. The lowest BCUT2D eigenvalue weighted by Crippen LogP contribution is -2.16. The van der Waals surface area contributed by atoms with Crippen LogP contribution in [-0.4, -0.2) is 33.3 Å². The molecular formula is C19H19NO5. The van der Waals surface area contributed by atoms with Crippen molar-refractivity contribution in [3.8, 4) is 23.0 Å². The van der Waals surface area contributed by atoms with E-state index in [1.165, 1.54) is 6.08 Å². The first-order valence-corrected chi connectivity index (χ1v) is 7.81. The number of benzene rings is 2. The molecule has 0 aliphatic carbocycles. The molecule has 6 nitrogen and oxygen atoms in total. The highest BCUT2D eigenvalue weighted by atomic mass is 16.6. The Kier molecular flexibility index (Phi) is 5.09. The van der Waals surface area contributed by atoms with Crippen LogP contribution in [-0.2, 0) is 4.79 Å². The lowest BCUT2D eigenvalue weighted by Gasteiger charge is -2.20. The predicted octanol–water partition coefficient (Wildman–Crippen LogP) is 3.13. The molecule has 0 radical (unpaired) electrons. The number of para-hydroxylation sites is 2. The fourth-order valence-electron chi connectivity index (χ4n) is 2.48. The van der Waals surface area contributed by atoms with E-state index in [-0.39, 0.29) is 5.91 Å². The van der Waals surface area contributed by atoms with Crippen molar-refractivity contribution in [1.82, 2.24) is 0 Å². The van der Waals surface area contributed by atoms with Crippen LogP contribution in [0.4, 0.5) is 5.69 Å². The van der Waals surface area contributed by atoms with Crippen LogP contribution in [0.3, 0.4) is 0 Å². The van der Waals surface area contributed by atoms with Gasteiger partial charge in [-0.05, 0) is 35.9 Å². The number of carbonyl (C=O) groups excluding carboxylic acids is 1. The molecule has 130 valence electrons. The van der Waals surface area contributed by atoms with Crippen molar-refractivity contribution in [2.24, 2.45) is 0 Å². The summed E-state index contributed by atoms with van der Waals surface area (Å²) in [6, 6.07) is 10.8. The third-order valence-corrected chi connectivity index (χ3v) is 3.64. The second kappa shape index (κ2) is 7.61. The van der Waals surface area contributed by atoms with Crippen molar-refractivity contribution in [2.45, 2.75) is 0 Å². The molecule has 1 N–H and O–H groups in total. The Morgan fingerprint density at radius 2 is 1.84 bits per heavy atom. The molecule has 0 aromatic heterocycles. The maximum Gasteiger partial charge on any atom is 0.248 e. The molecule has 0 spiro atoms. The second-order valence-electron chi connectivity index (χ2n) is 5.27. The first-order valence-electron chi connectivity index (χ1n) is 7.81. The number of fused-ring (bicyclic) bond motifs is 1. The van der Waals surface area contributed by atoms with Crippen LogP contribution >= 0.6 is 0 Å². The number of anilines is 1. The summed E-state index contributed by atoms with van der Waals surface area (Å²) in [7, 11) is 3.12. The van der Waals surface area contributed by atoms with Crippen LogP contribution in [0.2, 0.25) is 0 Å². The Morgan fingerprint density at radius 1 is 1.08 bits per heavy atom. The van der Waals surface area contributed by atoms with Gasteiger partial charge in [0, 0.05) is 6.08 Å². The Hall–Kier alpha value is -3.15. The van der Waals surface area contributed by atoms with Gasteiger partial charge in [-0.3, -0.25) is 4.79 Å². The number of methoxy groups -OCH3 is 2. The molecule has 1 amide bonds. The number of hydrogen-bond acceptors (Lipinski definition) is 5. The van der Waals surface area contributed by atoms with Gasteiger partial charge in [0.15, 0.2) is 11.5 Å². The van der Waals surface area contributed by atoms with Crippen LogP contribution in [0.1, 0.15) is 5.56 Å². The van der Waals surface area contributed by atoms with Gasteiger partial charge >= 0.3 is 0 Å². The fourth-order valence-corrected chi connectivity index (χ4v) is 2.48. The van der Waals surface area contributed by atoms with Gasteiger partial charge in [-0.2, -0.15) is 0 Å². The van der Waals surface area contributed by atoms with Gasteiger partial charge < -0.3 is 24.3 Å². The lowest BCUT2D eigenvalue weighted by atomic mass is 10.1. The van der Waals surface area contributed by atoms with Crippen molar-refractivity contribution >= 4 is 17.7 Å². The average Bonchev–Trinajstić information content (AvgIpc) is 2.66. The highest BCUT2D eigenvalue weighted by Crippen LogP contribution is 2.40. The fraction of sp³-hybridized carbons (Fsp3) is 0.211. The van der Waals surface area contributed by atoms with Gasteiger partial charge in [0.05, 0.1) is 19.9 Å². The molecule has 1 aliphatic rings. The van der Waals surface area contributed by atoms with Gasteiger partial charge in [0.25, 0.3) is 0 Å². The van der Waals surface area contributed by atoms with Crippen LogP contribution in [0.5, 0.6) is 23.0 Å². The molecule has 6 heteroatoms. The van der Waals surface area contributed by atoms with Gasteiger partial charge in [-0.25, -0.2) is 0 Å². The standard InChI is InChI=1S/C19H19NO5/c1-22-15-6-4-3-5-14(15)20-18(21)8-7-13-11-16(23-2)19-17(12-13)24-9-10-25-19/h3-8,11-12H,9-10H2,1-2H3,(H,20,21). The molecule has 0 saturated carbocycles. The molecule has 1 aliphatic heterocycles. The smallest absolute Gasteiger partial charge is 0.248 e. The van der Waals surface area contributed by atoms with Crippen LogP contribution in [0.15, 0.2) is 42.5 Å². The number of carbonyl (C=O) groups is 1. The van der Waals surface area contributed by atoms with Crippen LogP contribution in [0.25, 0.3) is 6.08 Å². The third kappa shape index (κ3) is 3.85. The molecule has 0 bridgehead atoms. The minimum Gasteiger partial charge on any atom is -0.495 e. The number of ether oxygens (including phenoxy) is 4. The summed E-state index contributed by atoms with van der Waals surface area (Å²) < 4.78 is 21.7. The van der Waals surface area contributed by atoms with Crippen LogP contribution < -0.4 is 24.3 Å². The van der Waals surface area contributed by atoms with Crippen LogP contribution in [0, 0.1) is 0 Å². The summed E-state index contributed by atoms with van der Waals surface area (Å²) in [5, 5.41) is 2.78. The van der Waals surface area contributed by atoms with E-state index >= 15 is 0 Å². The molecule has 25 heavy (non-hydrogen) atoms. The molecular weight excluding hydrogens is 322 g/mol. The first kappa shape index (κ1) is 16.7. The van der Waals surface area contributed by atoms with Crippen molar-refractivity contribution in [2.75, 3.05) is 32.8 Å². The second-order valence-corrected chi connectivity index (χ2v) is 5.27. The Morgan fingerprint density at radius 3 is 2.64 bits per heavy atom. The van der Waals surface area contributed by atoms with E-state index in [4.69, 9.17) is 18.9 Å². The van der Waals surface area contributed by atoms with Gasteiger partial charge in [-0.15, -0.1) is 0 Å². The Bertz CT molecular complexity index is 783. The van der Waals surface area contributed by atoms with E-state index in [1.54, 1.807) is 38.5 Å². The van der Waals surface area contributed by atoms with E-state index in [9.17, 15) is 4.79 Å². The SMILES string of the molecule is COc1ccccc1NC(=O)C=Cc1cc(OC)c2c(c1)OCCO2. The zero-order valence-electron chi connectivity index (χ0n) is 14.1. The Labute approximate surface area is 146 Å². The minimum atomic E-state index is -0.265. The number of hydrogen-bond donors (Lipinski definition) is 1. The maximum atomic E-state index is 12.2. The molecule has 2 aromatic rings. The quantitative estimate of drug-likeness (QED) is 0.847. The van der Waals surface area contributed by atoms with E-state index in [2.05, 4.69) is 5.32 Å². The minimum absolute atomic E-state index is 0.265. The Balaban J connectivity index is 1.76. The van der Waals surface area contributed by atoms with Gasteiger partial charge in [0.2, 0.25) is 11.7 Å². The third-order valence-electron chi connectivity index (χ3n) is 3.64. The number of rotatable bonds is 5. The molecule has 0 unspecified atom stereocenters. The van der Waals surface area contributed by atoms with Crippen molar-refractivity contribution in [1.29, 1.82) is 0 Å². The van der Waals surface area contributed by atoms with Crippen molar-refractivity contribution in [3.63, 3.8) is 0 Å². The van der Waals surface area contributed by atoms with E-state index in [1.807, 2.05) is 18.2 Å². The average molecular weight is 341 g/mol. The zero-order valence-corrected chi connectivity index (χ0v) is 14.1. The monoisotopic (exact) mass is 341 g/mol. The molecule has 2 aromatic carbocycles. The summed E-state index contributed by atoms with van der Waals surface area (Å²) in [6.45, 7) is 0.970. The highest BCUT2D eigenvalue weighted by Gasteiger charge is 2.17. The summed E-state index contributed by atoms with van der Waals surface area (Å²) in [4.78, 5) is 12.2. The largest absolute Gasteiger partial charge is 0.495 e. The van der Waals surface area contributed by atoms with Crippen molar-refractivity contribution in [3.05, 3.63) is 48.0 Å². The summed E-state index contributed by atoms with van der Waals surface area (Å²) >= 11 is 0. The highest BCUT2D eigenvalue weighted by molar-refractivity contribution is 6.02. The van der Waals surface area contributed by atoms with Gasteiger partial charge in [-0.1, -0.05) is 12.1 Å². The van der Waals surface area contributed by atoms with Gasteiger partial charge in [0.1, 0.15) is 19.0 Å². The molecule has 0 saturated heterocycles. The zero-order chi connectivity index (χ0) is 17.6. The van der Waals surface area contributed by atoms with E-state index < -0.39 is 0 Å². The molecule has 3 rings (SSSR count). The number of amides is 1. The molecule has 1 heterocycles. The summed E-state index contributed by atoms with van der Waals surface area (Å²) in [5.74, 6) is 2.10. The summed E-state index contributed by atoms with van der Waals surface area (Å²) in [6.07, 6.45) is 3.13. The number of nitrogens with one attached hydrogen (secondary N) is 1. The maximum absolute atomic E-state index is 12.2. The van der Waals surface area contributed by atoms with Crippen molar-refractivity contribution < 1.29 is 23.7 Å².